The van der Waals surface area contributed by atoms with Crippen molar-refractivity contribution in [2.24, 2.45) is 5.92 Å². The summed E-state index contributed by atoms with van der Waals surface area (Å²) in [6.07, 6.45) is 8.85. The van der Waals surface area contributed by atoms with Crippen LogP contribution >= 0.6 is 0 Å². The molecule has 2 heterocycles. The lowest BCUT2D eigenvalue weighted by atomic mass is 10.0. The first kappa shape index (κ1) is 19.7. The third-order valence-electron chi connectivity index (χ3n) is 6.69. The number of amides is 1. The first-order valence-corrected chi connectivity index (χ1v) is 11.1. The largest absolute Gasteiger partial charge is 0.333 e. The monoisotopic (exact) mass is 413 g/mol. The maximum absolute atomic E-state index is 13.6. The van der Waals surface area contributed by atoms with E-state index in [4.69, 9.17) is 0 Å². The summed E-state index contributed by atoms with van der Waals surface area (Å²) in [4.78, 5) is 33.5. The number of rotatable bonds is 5. The van der Waals surface area contributed by atoms with Crippen LogP contribution in [0.1, 0.15) is 58.0 Å². The average Bonchev–Trinajstić information content (AvgIpc) is 3.49. The van der Waals surface area contributed by atoms with E-state index in [0.717, 1.165) is 43.5 Å². The van der Waals surface area contributed by atoms with Gasteiger partial charge in [-0.3, -0.25) is 19.1 Å². The van der Waals surface area contributed by atoms with E-state index in [0.29, 0.717) is 11.5 Å². The Morgan fingerprint density at radius 1 is 1.13 bits per heavy atom. The highest BCUT2D eigenvalue weighted by molar-refractivity contribution is 5.95. The van der Waals surface area contributed by atoms with Gasteiger partial charge in [-0.2, -0.15) is 0 Å². The minimum atomic E-state index is -0.243. The predicted molar refractivity (Wildman–Crippen MR) is 121 cm³/mol. The van der Waals surface area contributed by atoms with Gasteiger partial charge in [0.15, 0.2) is 0 Å². The van der Waals surface area contributed by atoms with Crippen LogP contribution in [0.3, 0.4) is 0 Å². The van der Waals surface area contributed by atoms with Gasteiger partial charge < -0.3 is 4.90 Å². The standard InChI is InChI=1S/C26H27N3O2/c1-17-14-16-29(22-11-6-8-18-7-5-9-20(18)22)26(31)23(17)25(30)28(2)24(19-12-13-19)21-10-3-4-15-27-21/h3-4,6,8,10-11,14-16,19,24H,5,7,9,12-13H2,1-2H3. The van der Waals surface area contributed by atoms with Crippen molar-refractivity contribution < 1.29 is 4.79 Å². The zero-order chi connectivity index (χ0) is 21.5. The molecule has 0 spiro atoms. The van der Waals surface area contributed by atoms with E-state index >= 15 is 0 Å². The Morgan fingerprint density at radius 3 is 2.71 bits per heavy atom. The Kier molecular flexibility index (Phi) is 4.97. The normalized spacial score (nSPS) is 16.1. The molecule has 2 aliphatic carbocycles. The van der Waals surface area contributed by atoms with Crippen LogP contribution in [-0.4, -0.2) is 27.4 Å². The summed E-state index contributed by atoms with van der Waals surface area (Å²) >= 11 is 0. The Morgan fingerprint density at radius 2 is 1.97 bits per heavy atom. The van der Waals surface area contributed by atoms with Gasteiger partial charge in [-0.1, -0.05) is 18.2 Å². The molecular formula is C26H27N3O2. The van der Waals surface area contributed by atoms with Gasteiger partial charge in [0.25, 0.3) is 11.5 Å². The molecule has 0 radical (unpaired) electrons. The van der Waals surface area contributed by atoms with Crippen LogP contribution in [0.15, 0.2) is 59.7 Å². The minimum absolute atomic E-state index is 0.109. The van der Waals surface area contributed by atoms with E-state index in [1.54, 1.807) is 28.9 Å². The summed E-state index contributed by atoms with van der Waals surface area (Å²) in [6, 6.07) is 13.7. The van der Waals surface area contributed by atoms with Crippen molar-refractivity contribution in [2.75, 3.05) is 7.05 Å². The highest BCUT2D eigenvalue weighted by atomic mass is 16.2. The second-order valence-corrected chi connectivity index (χ2v) is 8.77. The lowest BCUT2D eigenvalue weighted by molar-refractivity contribution is 0.0704. The van der Waals surface area contributed by atoms with Crippen molar-refractivity contribution in [3.63, 3.8) is 0 Å². The van der Waals surface area contributed by atoms with Crippen molar-refractivity contribution in [3.8, 4) is 5.69 Å². The number of aryl methyl sites for hydroxylation is 2. The molecule has 1 amide bonds. The topological polar surface area (TPSA) is 55.2 Å². The molecule has 3 aromatic rings. The Labute approximate surface area is 182 Å². The Hall–Kier alpha value is -3.21. The molecule has 5 heteroatoms. The molecule has 0 bridgehead atoms. The zero-order valence-electron chi connectivity index (χ0n) is 18.0. The van der Waals surface area contributed by atoms with E-state index < -0.39 is 0 Å². The first-order chi connectivity index (χ1) is 15.1. The summed E-state index contributed by atoms with van der Waals surface area (Å²) in [6.45, 7) is 1.84. The maximum Gasteiger partial charge on any atom is 0.268 e. The van der Waals surface area contributed by atoms with Gasteiger partial charge in [-0.15, -0.1) is 0 Å². The first-order valence-electron chi connectivity index (χ1n) is 11.1. The summed E-state index contributed by atoms with van der Waals surface area (Å²) < 4.78 is 1.66. The molecule has 2 aliphatic rings. The highest BCUT2D eigenvalue weighted by Crippen LogP contribution is 2.43. The van der Waals surface area contributed by atoms with E-state index in [-0.39, 0.29) is 23.1 Å². The molecule has 1 fully saturated rings. The predicted octanol–water partition coefficient (Wildman–Crippen LogP) is 4.25. The van der Waals surface area contributed by atoms with E-state index in [9.17, 15) is 9.59 Å². The number of carbonyl (C=O) groups excluding carboxylic acids is 1. The van der Waals surface area contributed by atoms with Crippen molar-refractivity contribution in [3.05, 3.63) is 93.2 Å². The number of nitrogens with zero attached hydrogens (tertiary/aromatic N) is 3. The van der Waals surface area contributed by atoms with Gasteiger partial charge in [-0.05, 0) is 85.9 Å². The lowest BCUT2D eigenvalue weighted by Gasteiger charge is -2.28. The molecular weight excluding hydrogens is 386 g/mol. The number of benzene rings is 1. The number of pyridine rings is 2. The summed E-state index contributed by atoms with van der Waals surface area (Å²) in [5.41, 5.74) is 5.04. The second-order valence-electron chi connectivity index (χ2n) is 8.77. The fourth-order valence-electron chi connectivity index (χ4n) is 4.92. The minimum Gasteiger partial charge on any atom is -0.333 e. The van der Waals surface area contributed by atoms with Crippen molar-refractivity contribution in [2.45, 2.75) is 45.1 Å². The summed E-state index contributed by atoms with van der Waals surface area (Å²) in [5, 5.41) is 0. The molecule has 1 unspecified atom stereocenters. The Balaban J connectivity index is 1.56. The van der Waals surface area contributed by atoms with Gasteiger partial charge in [0.1, 0.15) is 5.56 Å². The van der Waals surface area contributed by atoms with Gasteiger partial charge in [0.2, 0.25) is 0 Å². The molecule has 1 atom stereocenters. The van der Waals surface area contributed by atoms with E-state index in [1.165, 1.54) is 11.1 Å². The fraction of sp³-hybridized carbons (Fsp3) is 0.346. The molecule has 5 nitrogen and oxygen atoms in total. The molecule has 31 heavy (non-hydrogen) atoms. The summed E-state index contributed by atoms with van der Waals surface area (Å²) in [7, 11) is 1.80. The Bertz CT molecular complexity index is 1200. The molecule has 0 saturated heterocycles. The number of hydrogen-bond acceptors (Lipinski definition) is 3. The van der Waals surface area contributed by atoms with Crippen LogP contribution in [0.5, 0.6) is 0 Å². The molecule has 158 valence electrons. The van der Waals surface area contributed by atoms with Crippen LogP contribution in [-0.2, 0) is 12.8 Å². The van der Waals surface area contributed by atoms with Crippen LogP contribution in [0.4, 0.5) is 0 Å². The third kappa shape index (κ3) is 3.48. The average molecular weight is 414 g/mol. The van der Waals surface area contributed by atoms with Crippen molar-refractivity contribution in [1.29, 1.82) is 0 Å². The zero-order valence-corrected chi connectivity index (χ0v) is 18.0. The third-order valence-corrected chi connectivity index (χ3v) is 6.69. The maximum atomic E-state index is 13.6. The van der Waals surface area contributed by atoms with Crippen molar-refractivity contribution in [1.82, 2.24) is 14.5 Å². The molecule has 2 aromatic heterocycles. The SMILES string of the molecule is Cc1ccn(-c2cccc3c2CCC3)c(=O)c1C(=O)N(C)C(c1ccccn1)C1CC1. The quantitative estimate of drug-likeness (QED) is 0.628. The number of carbonyl (C=O) groups is 1. The summed E-state index contributed by atoms with van der Waals surface area (Å²) in [5.74, 6) is 0.166. The van der Waals surface area contributed by atoms with E-state index in [2.05, 4.69) is 11.1 Å². The van der Waals surface area contributed by atoms with Gasteiger partial charge >= 0.3 is 0 Å². The van der Waals surface area contributed by atoms with Crippen LogP contribution in [0, 0.1) is 12.8 Å². The molecule has 0 N–H and O–H groups in total. The second kappa shape index (κ2) is 7.80. The highest BCUT2D eigenvalue weighted by Gasteiger charge is 2.38. The van der Waals surface area contributed by atoms with Crippen LogP contribution < -0.4 is 5.56 Å². The number of hydrogen-bond donors (Lipinski definition) is 0. The lowest BCUT2D eigenvalue weighted by Crippen LogP contribution is -2.38. The fourth-order valence-corrected chi connectivity index (χ4v) is 4.92. The van der Waals surface area contributed by atoms with Gasteiger partial charge in [-0.25, -0.2) is 0 Å². The number of fused-ring (bicyclic) bond motifs is 1. The molecule has 1 aromatic carbocycles. The van der Waals surface area contributed by atoms with Crippen LogP contribution in [0.25, 0.3) is 5.69 Å². The van der Waals surface area contributed by atoms with Gasteiger partial charge in [0.05, 0.1) is 17.4 Å². The molecule has 0 aliphatic heterocycles. The molecule has 5 rings (SSSR count). The smallest absolute Gasteiger partial charge is 0.268 e. The van der Waals surface area contributed by atoms with E-state index in [1.807, 2.05) is 43.3 Å². The van der Waals surface area contributed by atoms with Gasteiger partial charge in [0, 0.05) is 19.4 Å². The van der Waals surface area contributed by atoms with Crippen molar-refractivity contribution >= 4 is 5.91 Å². The van der Waals surface area contributed by atoms with Crippen LogP contribution in [0.2, 0.25) is 0 Å². The number of aromatic nitrogens is 2. The molecule has 1 saturated carbocycles.